The van der Waals surface area contributed by atoms with Crippen LogP contribution in [-0.2, 0) is 116 Å². The van der Waals surface area contributed by atoms with Crippen molar-refractivity contribution in [3.8, 4) is 100 Å². The average Bonchev–Trinajstić information content (AvgIpc) is 0.819. The van der Waals surface area contributed by atoms with Crippen molar-refractivity contribution in [1.29, 1.82) is 0 Å². The fraction of sp³-hybridized carbons (Fsp3) is 0.306. The number of hydrogen-bond donors (Lipinski definition) is 0. The Morgan fingerprint density at radius 2 is 0.336 bits per heavy atom. The van der Waals surface area contributed by atoms with Crippen molar-refractivity contribution in [2.75, 3.05) is 0 Å². The van der Waals surface area contributed by atoms with Crippen molar-refractivity contribution in [2.45, 2.75) is 247 Å². The lowest BCUT2D eigenvalue weighted by molar-refractivity contribution is 0.632. The van der Waals surface area contributed by atoms with E-state index in [0.29, 0.717) is 5.56 Å². The molecule has 14 aromatic rings. The minimum Gasteiger partial charge on any atom is -0.206 e. The van der Waals surface area contributed by atoms with Gasteiger partial charge in [0.15, 0.2) is 0 Å². The molecule has 0 aliphatic heterocycles. The second kappa shape index (κ2) is 46.9. The second-order valence-electron chi connectivity index (χ2n) is 32.5. The van der Waals surface area contributed by atoms with Gasteiger partial charge in [0.25, 0.3) is 0 Å². The first-order valence-electron chi connectivity index (χ1n) is 46.7. The van der Waals surface area contributed by atoms with E-state index in [0.717, 1.165) is 132 Å². The normalized spacial score (nSPS) is 10.9. The van der Waals surface area contributed by atoms with Gasteiger partial charge >= 0.3 is 0 Å². The third kappa shape index (κ3) is 23.8. The van der Waals surface area contributed by atoms with Gasteiger partial charge in [0.2, 0.25) is 0 Å². The highest BCUT2D eigenvalue weighted by Crippen LogP contribution is 2.39. The Bertz CT molecular complexity index is 5500. The first-order valence-corrected chi connectivity index (χ1v) is 46.7. The highest BCUT2D eigenvalue weighted by molar-refractivity contribution is 5.80. The molecule has 0 aliphatic rings. The first kappa shape index (κ1) is 93.3. The van der Waals surface area contributed by atoms with Crippen LogP contribution in [0.1, 0.15) is 230 Å². The molecule has 0 atom stereocenters. The zero-order valence-corrected chi connectivity index (χ0v) is 77.7. The Balaban J connectivity index is 0.000000160. The summed E-state index contributed by atoms with van der Waals surface area (Å²) >= 11 is 0. The monoisotopic (exact) mass is 1610 g/mol. The molecule has 14 aromatic carbocycles. The first-order chi connectivity index (χ1) is 59.4. The maximum atomic E-state index is 15.0. The predicted octanol–water partition coefficient (Wildman–Crippen LogP) is 34.0. The van der Waals surface area contributed by atoms with E-state index in [4.69, 9.17) is 0 Å². The third-order valence-corrected chi connectivity index (χ3v) is 25.3. The molecule has 0 saturated heterocycles. The van der Waals surface area contributed by atoms with E-state index >= 15 is 0 Å². The zero-order chi connectivity index (χ0) is 87.2. The minimum absolute atomic E-state index is 0.156. The van der Waals surface area contributed by atoms with Gasteiger partial charge in [-0.3, -0.25) is 0 Å². The molecule has 0 spiro atoms. The fourth-order valence-corrected chi connectivity index (χ4v) is 17.2. The number of rotatable bonds is 27. The van der Waals surface area contributed by atoms with Crippen LogP contribution in [0.5, 0.6) is 0 Å². The smallest absolute Gasteiger partial charge is 0.131 e. The molecule has 0 bridgehead atoms. The lowest BCUT2D eigenvalue weighted by Crippen LogP contribution is -1.96. The fourth-order valence-electron chi connectivity index (χ4n) is 17.2. The maximum absolute atomic E-state index is 15.0. The van der Waals surface area contributed by atoms with Gasteiger partial charge in [-0.05, 0) is 329 Å². The highest BCUT2D eigenvalue weighted by atomic mass is 19.1. The summed E-state index contributed by atoms with van der Waals surface area (Å²) in [5, 5.41) is 0. The van der Waals surface area contributed by atoms with Gasteiger partial charge in [0.05, 0.1) is 0 Å². The second-order valence-corrected chi connectivity index (χ2v) is 32.5. The van der Waals surface area contributed by atoms with Gasteiger partial charge < -0.3 is 0 Å². The van der Waals surface area contributed by atoms with E-state index in [1.807, 2.05) is 18.2 Å². The summed E-state index contributed by atoms with van der Waals surface area (Å²) in [6.07, 6.45) is 19.2. The Labute approximate surface area is 737 Å². The van der Waals surface area contributed by atoms with Gasteiger partial charge in [0, 0.05) is 5.56 Å². The van der Waals surface area contributed by atoms with Crippen molar-refractivity contribution in [2.24, 2.45) is 0 Å². The number of hydrogen-bond acceptors (Lipinski definition) is 0. The predicted molar refractivity (Wildman–Crippen MR) is 535 cm³/mol. The van der Waals surface area contributed by atoms with E-state index in [2.05, 4.69) is 386 Å². The molecule has 122 heavy (non-hydrogen) atoms. The van der Waals surface area contributed by atoms with Crippen molar-refractivity contribution < 1.29 is 4.39 Å². The molecule has 0 saturated carbocycles. The number of benzene rings is 14. The van der Waals surface area contributed by atoms with Crippen LogP contribution in [-0.4, -0.2) is 0 Å². The SMILES string of the molecule is CCc1ccc(-c2cc(CC)c(-c3ccc(CC)cc3)cc2C)cc1.CCc1ccc(-c2cc(CC)c(-c3ccc(CC)cc3)cc2CC)cc1.CCc1ccc(-c2ccc(-c3ccc(CC)c(CC)c3)c(F)c2)cc1CC.CCc1ccc(-c2ccc(-c3ccc(CC)cc3)c(CC)c2)cc1.CCc1ccc(-c2ccc(CC)c(CC)c2)cc1CC. The molecule has 0 unspecified atom stereocenters. The van der Waals surface area contributed by atoms with Crippen LogP contribution < -0.4 is 0 Å². The third-order valence-electron chi connectivity index (χ3n) is 25.3. The van der Waals surface area contributed by atoms with E-state index in [9.17, 15) is 4.39 Å². The maximum Gasteiger partial charge on any atom is 0.131 e. The van der Waals surface area contributed by atoms with Gasteiger partial charge in [-0.1, -0.05) is 398 Å². The summed E-state index contributed by atoms with van der Waals surface area (Å²) in [5.74, 6) is -0.156. The molecule has 0 aromatic heterocycles. The molecule has 14 rings (SSSR count). The quantitative estimate of drug-likeness (QED) is 0.0481. The molecule has 1 heteroatoms. The summed E-state index contributed by atoms with van der Waals surface area (Å²) < 4.78 is 15.0. The lowest BCUT2D eigenvalue weighted by atomic mass is 9.88. The molecular formula is C121H139F. The number of halogens is 1. The average molecular weight is 1610 g/mol. The van der Waals surface area contributed by atoms with Gasteiger partial charge in [-0.25, -0.2) is 4.39 Å². The standard InChI is InChI=1S/C26H29F.C26H30.C25H28.C24H26.C20H26/c1-5-18-9-11-22(15-20(18)7-3)23-13-14-25(26(27)17-23)24-12-10-19(6-2)21(8-4)16-24;1-5-19-9-13-23(14-10-19)25-17-22(8-4)26(18-21(25)7-3)24-15-11-20(6-2)12-16-24;1-5-19-8-12-22(13-9-19)24-17-21(7-3)25(16-18(24)4)23-14-10-20(6-2)11-15-23;1-4-18-7-11-21(12-8-18)23-15-16-24(20(6-3)17-23)22-13-9-19(5-2)10-14-22;1-5-15-9-11-19(13-17(15)7-3)20-12-10-16(6-2)18(8-4)14-20/h9-17H,5-8H2,1-4H3;9-18H,5-8H2,1-4H3;8-17H,5-7H2,1-4H3;7-17H,4-6H2,1-3H3;9-14H,5-8H2,1-4H3. The van der Waals surface area contributed by atoms with E-state index in [-0.39, 0.29) is 5.82 Å². The van der Waals surface area contributed by atoms with Crippen LogP contribution in [0.15, 0.2) is 279 Å². The van der Waals surface area contributed by atoms with Gasteiger partial charge in [-0.15, -0.1) is 0 Å². The van der Waals surface area contributed by atoms with E-state index in [1.54, 1.807) is 6.07 Å². The van der Waals surface area contributed by atoms with Crippen molar-refractivity contribution in [3.05, 3.63) is 391 Å². The molecule has 0 N–H and O–H groups in total. The summed E-state index contributed by atoms with van der Waals surface area (Å²) in [7, 11) is 0. The molecule has 0 fully saturated rings. The van der Waals surface area contributed by atoms with E-state index in [1.165, 1.54) is 184 Å². The summed E-state index contributed by atoms with van der Waals surface area (Å²) in [6.45, 7) is 42.1. The van der Waals surface area contributed by atoms with Crippen LogP contribution in [0.3, 0.4) is 0 Å². The zero-order valence-electron chi connectivity index (χ0n) is 77.7. The molecule has 630 valence electrons. The van der Waals surface area contributed by atoms with Crippen LogP contribution >= 0.6 is 0 Å². The van der Waals surface area contributed by atoms with Gasteiger partial charge in [-0.2, -0.15) is 0 Å². The van der Waals surface area contributed by atoms with Crippen molar-refractivity contribution in [3.63, 3.8) is 0 Å². The Morgan fingerprint density at radius 3 is 0.623 bits per heavy atom. The topological polar surface area (TPSA) is 0 Å². The summed E-state index contributed by atoms with van der Waals surface area (Å²) in [5.41, 5.74) is 49.2. The number of aryl methyl sites for hydroxylation is 19. The Kier molecular flexibility index (Phi) is 35.8. The van der Waals surface area contributed by atoms with Crippen LogP contribution in [0, 0.1) is 12.7 Å². The van der Waals surface area contributed by atoms with Crippen LogP contribution in [0.2, 0.25) is 0 Å². The highest BCUT2D eigenvalue weighted by Gasteiger charge is 2.17. The van der Waals surface area contributed by atoms with E-state index < -0.39 is 0 Å². The molecule has 0 radical (unpaired) electrons. The largest absolute Gasteiger partial charge is 0.206 e. The molecule has 0 aliphatic carbocycles. The molecule has 0 heterocycles. The summed E-state index contributed by atoms with van der Waals surface area (Å²) in [6, 6.07) is 103. The summed E-state index contributed by atoms with van der Waals surface area (Å²) in [4.78, 5) is 0. The Hall–Kier alpha value is -11.0. The van der Waals surface area contributed by atoms with Crippen LogP contribution in [0.4, 0.5) is 4.39 Å². The molecule has 0 amide bonds. The Morgan fingerprint density at radius 1 is 0.139 bits per heavy atom. The van der Waals surface area contributed by atoms with Crippen LogP contribution in [0.25, 0.3) is 100 Å². The van der Waals surface area contributed by atoms with Crippen molar-refractivity contribution >= 4 is 0 Å². The minimum atomic E-state index is -0.156. The van der Waals surface area contributed by atoms with Crippen molar-refractivity contribution in [1.82, 2.24) is 0 Å². The molecular weight excluding hydrogens is 1470 g/mol. The van der Waals surface area contributed by atoms with Gasteiger partial charge in [0.1, 0.15) is 5.82 Å². The molecule has 0 nitrogen and oxygen atoms in total. The lowest BCUT2D eigenvalue weighted by Gasteiger charge is -2.16.